The molecule has 0 radical (unpaired) electrons. The lowest BCUT2D eigenvalue weighted by atomic mass is 10.2. The first-order valence-corrected chi connectivity index (χ1v) is 13.6. The van der Waals surface area contributed by atoms with Crippen LogP contribution in [0.5, 0.6) is 11.6 Å². The van der Waals surface area contributed by atoms with E-state index in [1.54, 1.807) is 6.20 Å². The van der Waals surface area contributed by atoms with E-state index < -0.39 is 11.2 Å². The van der Waals surface area contributed by atoms with Crippen LogP contribution in [0.1, 0.15) is 12.0 Å². The molecule has 4 aromatic rings. The summed E-state index contributed by atoms with van der Waals surface area (Å²) in [5.41, 5.74) is 2.76. The lowest BCUT2D eigenvalue weighted by molar-refractivity contribution is 0.241. The molecule has 186 valence electrons. The summed E-state index contributed by atoms with van der Waals surface area (Å²) >= 11 is -0.645. The number of hydrogen-bond acceptors (Lipinski definition) is 8. The van der Waals surface area contributed by atoms with Gasteiger partial charge in [-0.05, 0) is 36.2 Å². The number of hydrogen-bond donors (Lipinski definition) is 1. The predicted molar refractivity (Wildman–Crippen MR) is 142 cm³/mol. The third-order valence-electron chi connectivity index (χ3n) is 6.00. The molecule has 2 aromatic heterocycles. The third-order valence-corrected chi connectivity index (χ3v) is 7.28. The minimum Gasteiger partial charge on any atom is -0.616 e. The van der Waals surface area contributed by atoms with E-state index in [1.165, 1.54) is 6.33 Å². The topological polar surface area (TPSA) is 95.5 Å². The highest BCUT2D eigenvalue weighted by molar-refractivity contribution is 7.91. The Morgan fingerprint density at radius 1 is 0.944 bits per heavy atom. The summed E-state index contributed by atoms with van der Waals surface area (Å²) in [4.78, 5) is 15.5. The summed E-state index contributed by atoms with van der Waals surface area (Å²) in [6, 6.07) is 19.8. The number of fused-ring (bicyclic) bond motifs is 1. The number of anilines is 2. The number of ether oxygens (including phenoxy) is 2. The molecule has 1 saturated heterocycles. The van der Waals surface area contributed by atoms with Gasteiger partial charge in [0.2, 0.25) is 5.88 Å². The average molecular weight is 504 g/mol. The van der Waals surface area contributed by atoms with Crippen molar-refractivity contribution in [1.29, 1.82) is 0 Å². The van der Waals surface area contributed by atoms with Gasteiger partial charge in [0, 0.05) is 36.8 Å². The van der Waals surface area contributed by atoms with Crippen LogP contribution in [-0.4, -0.2) is 62.2 Å². The molecule has 1 aliphatic rings. The minimum absolute atomic E-state index is 0.527. The fourth-order valence-corrected chi connectivity index (χ4v) is 5.12. The zero-order valence-electron chi connectivity index (χ0n) is 20.0. The van der Waals surface area contributed by atoms with Crippen LogP contribution in [0.2, 0.25) is 0 Å². The molecular weight excluding hydrogens is 474 g/mol. The van der Waals surface area contributed by atoms with Crippen LogP contribution in [-0.2, 0) is 17.8 Å². The summed E-state index contributed by atoms with van der Waals surface area (Å²) in [6.45, 7) is 3.82. The highest BCUT2D eigenvalue weighted by Gasteiger charge is 2.18. The Morgan fingerprint density at radius 2 is 1.75 bits per heavy atom. The van der Waals surface area contributed by atoms with Gasteiger partial charge >= 0.3 is 0 Å². The van der Waals surface area contributed by atoms with E-state index in [4.69, 9.17) is 9.47 Å². The quantitative estimate of drug-likeness (QED) is 0.254. The smallest absolute Gasteiger partial charge is 0.214 e. The van der Waals surface area contributed by atoms with Crippen molar-refractivity contribution in [3.8, 4) is 11.6 Å². The van der Waals surface area contributed by atoms with Crippen molar-refractivity contribution in [2.75, 3.05) is 43.1 Å². The van der Waals surface area contributed by atoms with Crippen molar-refractivity contribution in [2.24, 2.45) is 0 Å². The first-order valence-electron chi connectivity index (χ1n) is 12.1. The number of benzene rings is 2. The standard InChI is InChI=1S/C27H29N5O3S/c33-36-15-12-32(13-16-36)11-4-14-34-26-17-24-25(18-28-26)29-20-30-27(24)31-22-7-9-23(10-8-22)35-19-21-5-2-1-3-6-21/h1-3,5-10,17-18,20H,4,11-16,19H2,(H,29,30,31). The molecule has 0 atom stereocenters. The molecule has 1 N–H and O–H groups in total. The van der Waals surface area contributed by atoms with Gasteiger partial charge in [-0.1, -0.05) is 41.5 Å². The molecule has 0 aliphatic carbocycles. The number of nitrogens with one attached hydrogen (secondary N) is 1. The van der Waals surface area contributed by atoms with Gasteiger partial charge in [0.05, 0.1) is 18.3 Å². The van der Waals surface area contributed by atoms with E-state index in [2.05, 4.69) is 25.2 Å². The molecule has 3 heterocycles. The van der Waals surface area contributed by atoms with Crippen LogP contribution in [0.25, 0.3) is 10.9 Å². The Bertz CT molecular complexity index is 1250. The van der Waals surface area contributed by atoms with Gasteiger partial charge < -0.3 is 19.3 Å². The largest absolute Gasteiger partial charge is 0.616 e. The molecular formula is C27H29N5O3S. The van der Waals surface area contributed by atoms with Crippen LogP contribution >= 0.6 is 0 Å². The van der Waals surface area contributed by atoms with Gasteiger partial charge in [0.15, 0.2) is 0 Å². The molecule has 8 nitrogen and oxygen atoms in total. The molecule has 1 fully saturated rings. The van der Waals surface area contributed by atoms with E-state index in [9.17, 15) is 4.55 Å². The zero-order chi connectivity index (χ0) is 24.6. The summed E-state index contributed by atoms with van der Waals surface area (Å²) in [5, 5.41) is 4.21. The maximum atomic E-state index is 11.5. The molecule has 9 heteroatoms. The van der Waals surface area contributed by atoms with Crippen LogP contribution in [0.15, 0.2) is 73.2 Å². The highest BCUT2D eigenvalue weighted by atomic mass is 32.2. The number of nitrogens with zero attached hydrogens (tertiary/aromatic N) is 4. The maximum absolute atomic E-state index is 11.5. The molecule has 1 aliphatic heterocycles. The van der Waals surface area contributed by atoms with Gasteiger partial charge in [-0.25, -0.2) is 15.0 Å². The lowest BCUT2D eigenvalue weighted by Crippen LogP contribution is -2.40. The van der Waals surface area contributed by atoms with Gasteiger partial charge in [-0.3, -0.25) is 4.90 Å². The molecule has 0 bridgehead atoms. The molecule has 5 rings (SSSR count). The maximum Gasteiger partial charge on any atom is 0.214 e. The lowest BCUT2D eigenvalue weighted by Gasteiger charge is -2.27. The zero-order valence-corrected chi connectivity index (χ0v) is 20.8. The van der Waals surface area contributed by atoms with Crippen molar-refractivity contribution in [1.82, 2.24) is 19.9 Å². The molecule has 0 saturated carbocycles. The predicted octanol–water partition coefficient (Wildman–Crippen LogP) is 4.18. The van der Waals surface area contributed by atoms with Gasteiger partial charge in [0.1, 0.15) is 36.0 Å². The monoisotopic (exact) mass is 503 g/mol. The van der Waals surface area contributed by atoms with Crippen LogP contribution in [0, 0.1) is 0 Å². The van der Waals surface area contributed by atoms with Gasteiger partial charge in [-0.2, -0.15) is 0 Å². The fourth-order valence-electron chi connectivity index (χ4n) is 3.99. The first kappa shape index (κ1) is 24.3. The molecule has 2 aromatic carbocycles. The Morgan fingerprint density at radius 3 is 2.56 bits per heavy atom. The van der Waals surface area contributed by atoms with Gasteiger partial charge in [0.25, 0.3) is 0 Å². The van der Waals surface area contributed by atoms with Crippen LogP contribution in [0.4, 0.5) is 11.5 Å². The second kappa shape index (κ2) is 12.0. The van der Waals surface area contributed by atoms with Gasteiger partial charge in [-0.15, -0.1) is 0 Å². The summed E-state index contributed by atoms with van der Waals surface area (Å²) < 4.78 is 23.3. The first-order chi connectivity index (χ1) is 17.7. The molecule has 0 spiro atoms. The molecule has 0 amide bonds. The Kier molecular flexibility index (Phi) is 8.12. The average Bonchev–Trinajstić information content (AvgIpc) is 2.92. The minimum atomic E-state index is -0.645. The van der Waals surface area contributed by atoms with Crippen molar-refractivity contribution >= 4 is 33.6 Å². The molecule has 0 unspecified atom stereocenters. The Balaban J connectivity index is 1.17. The summed E-state index contributed by atoms with van der Waals surface area (Å²) in [5.74, 6) is 3.57. The Hall–Kier alpha value is -3.40. The van der Waals surface area contributed by atoms with Crippen molar-refractivity contribution in [3.05, 3.63) is 78.8 Å². The van der Waals surface area contributed by atoms with E-state index in [-0.39, 0.29) is 0 Å². The van der Waals surface area contributed by atoms with Crippen molar-refractivity contribution < 1.29 is 14.0 Å². The molecule has 36 heavy (non-hydrogen) atoms. The number of aromatic nitrogens is 3. The number of rotatable bonds is 10. The second-order valence-electron chi connectivity index (χ2n) is 8.58. The van der Waals surface area contributed by atoms with Crippen molar-refractivity contribution in [2.45, 2.75) is 13.0 Å². The SMILES string of the molecule is [O-][S+]1CCN(CCCOc2cc3c(Nc4ccc(OCc5ccccc5)cc4)ncnc3cn2)CC1. The van der Waals surface area contributed by atoms with Crippen LogP contribution < -0.4 is 14.8 Å². The van der Waals surface area contributed by atoms with Crippen LogP contribution in [0.3, 0.4) is 0 Å². The van der Waals surface area contributed by atoms with E-state index >= 15 is 0 Å². The van der Waals surface area contributed by atoms with E-state index in [0.717, 1.165) is 65.5 Å². The summed E-state index contributed by atoms with van der Waals surface area (Å²) in [7, 11) is 0. The fraction of sp³-hybridized carbons (Fsp3) is 0.296. The third kappa shape index (κ3) is 6.63. The summed E-state index contributed by atoms with van der Waals surface area (Å²) in [6.07, 6.45) is 4.12. The number of pyridine rings is 1. The van der Waals surface area contributed by atoms with E-state index in [0.29, 0.717) is 24.9 Å². The van der Waals surface area contributed by atoms with E-state index in [1.807, 2.05) is 60.7 Å². The highest BCUT2D eigenvalue weighted by Crippen LogP contribution is 2.26. The second-order valence-corrected chi connectivity index (χ2v) is 10.3. The Labute approximate surface area is 213 Å². The normalized spacial score (nSPS) is 14.6. The van der Waals surface area contributed by atoms with Crippen molar-refractivity contribution in [3.63, 3.8) is 0 Å².